The number of rotatable bonds is 6. The van der Waals surface area contributed by atoms with Crippen LogP contribution in [-0.2, 0) is 28.7 Å². The highest BCUT2D eigenvalue weighted by molar-refractivity contribution is 5.80. The first-order valence-corrected chi connectivity index (χ1v) is 14.2. The average molecular weight is 583 g/mol. The third-order valence-corrected chi connectivity index (χ3v) is 8.75. The molecule has 0 N–H and O–H groups in total. The second kappa shape index (κ2) is 10.1. The van der Waals surface area contributed by atoms with Crippen molar-refractivity contribution in [1.82, 2.24) is 9.88 Å². The lowest BCUT2D eigenvalue weighted by Crippen LogP contribution is -2.26. The largest absolute Gasteiger partial charge is 0.473 e. The Hall–Kier alpha value is -3.46. The van der Waals surface area contributed by atoms with Crippen LogP contribution < -0.4 is 4.74 Å². The molecular formula is C33H34F4N2O3. The molecule has 0 spiro atoms. The molecule has 0 saturated heterocycles. The molecule has 2 unspecified atom stereocenters. The van der Waals surface area contributed by atoms with Crippen molar-refractivity contribution in [1.29, 1.82) is 0 Å². The number of aromatic nitrogens is 1. The summed E-state index contributed by atoms with van der Waals surface area (Å²) in [6, 6.07) is 10.3. The van der Waals surface area contributed by atoms with E-state index in [-0.39, 0.29) is 47.5 Å². The molecular weight excluding hydrogens is 548 g/mol. The lowest BCUT2D eigenvalue weighted by Gasteiger charge is -2.21. The summed E-state index contributed by atoms with van der Waals surface area (Å²) in [5.74, 6) is -0.682. The first-order valence-electron chi connectivity index (χ1n) is 14.2. The maximum absolute atomic E-state index is 15.4. The molecule has 42 heavy (non-hydrogen) atoms. The molecule has 1 fully saturated rings. The number of hydrogen-bond acceptors (Lipinski definition) is 5. The van der Waals surface area contributed by atoms with E-state index in [1.807, 2.05) is 45.8 Å². The molecule has 3 aromatic rings. The van der Waals surface area contributed by atoms with Gasteiger partial charge in [0.2, 0.25) is 5.88 Å². The summed E-state index contributed by atoms with van der Waals surface area (Å²) in [5, 5.41) is 0. The monoisotopic (exact) mass is 582 g/mol. The number of ether oxygens (including phenoxy) is 2. The van der Waals surface area contributed by atoms with Gasteiger partial charge in [0.25, 0.3) is 0 Å². The number of nitrogens with zero attached hydrogens (tertiary/aromatic N) is 2. The molecule has 0 bridgehead atoms. The van der Waals surface area contributed by atoms with Gasteiger partial charge in [-0.2, -0.15) is 13.2 Å². The minimum Gasteiger partial charge on any atom is -0.473 e. The fourth-order valence-corrected chi connectivity index (χ4v) is 6.86. The van der Waals surface area contributed by atoms with E-state index in [0.717, 1.165) is 23.6 Å². The van der Waals surface area contributed by atoms with Crippen molar-refractivity contribution >= 4 is 5.97 Å². The Kier molecular flexibility index (Phi) is 6.87. The zero-order chi connectivity index (χ0) is 30.1. The van der Waals surface area contributed by atoms with Crippen LogP contribution in [0.15, 0.2) is 48.7 Å². The molecule has 1 heterocycles. The molecule has 6 rings (SSSR count). The van der Waals surface area contributed by atoms with E-state index < -0.39 is 29.1 Å². The highest BCUT2D eigenvalue weighted by atomic mass is 19.4. The number of alkyl halides is 3. The summed E-state index contributed by atoms with van der Waals surface area (Å²) in [5.41, 5.74) is 2.70. The standard InChI is InChI=1S/C33H34F4N2O3/c1-32(2,3)42-31(40)30-23-10-17-12-28(38-15-24(17)29(23)30)41-16-18-11-20-21(14-27(39(4)5)22(20)13-26(18)34)19-8-6-7-9-25(19)33(35,36)37/h6-9,11-13,15,21,23,27,29-30H,10,14,16H2,1-5H3/t21?,23-,27?,29-,30+/m1/s1. The van der Waals surface area contributed by atoms with Crippen LogP contribution in [0, 0.1) is 17.7 Å². The predicted octanol–water partition coefficient (Wildman–Crippen LogP) is 7.18. The number of pyridine rings is 1. The normalized spacial score (nSPS) is 24.3. The second-order valence-electron chi connectivity index (χ2n) is 12.9. The Morgan fingerprint density at radius 3 is 2.45 bits per heavy atom. The third kappa shape index (κ3) is 5.16. The van der Waals surface area contributed by atoms with Gasteiger partial charge in [0.1, 0.15) is 18.0 Å². The Morgan fingerprint density at radius 1 is 1.02 bits per heavy atom. The number of hydrogen-bond donors (Lipinski definition) is 0. The minimum absolute atomic E-state index is 0.103. The molecule has 3 aliphatic rings. The first kappa shape index (κ1) is 28.6. The molecule has 0 radical (unpaired) electrons. The van der Waals surface area contributed by atoms with E-state index in [0.29, 0.717) is 23.4 Å². The quantitative estimate of drug-likeness (QED) is 0.228. The van der Waals surface area contributed by atoms with Gasteiger partial charge in [-0.3, -0.25) is 4.79 Å². The lowest BCUT2D eigenvalue weighted by molar-refractivity contribution is -0.157. The van der Waals surface area contributed by atoms with Gasteiger partial charge in [0.15, 0.2) is 0 Å². The zero-order valence-corrected chi connectivity index (χ0v) is 24.3. The zero-order valence-electron chi connectivity index (χ0n) is 24.3. The van der Waals surface area contributed by atoms with Crippen LogP contribution in [0.4, 0.5) is 17.6 Å². The topological polar surface area (TPSA) is 51.7 Å². The van der Waals surface area contributed by atoms with Gasteiger partial charge in [-0.15, -0.1) is 0 Å². The average Bonchev–Trinajstić information content (AvgIpc) is 3.30. The van der Waals surface area contributed by atoms with Crippen LogP contribution in [-0.4, -0.2) is 35.5 Å². The van der Waals surface area contributed by atoms with E-state index in [1.54, 1.807) is 18.3 Å². The first-order chi connectivity index (χ1) is 19.7. The number of fused-ring (bicyclic) bond motifs is 4. The summed E-state index contributed by atoms with van der Waals surface area (Å²) in [4.78, 5) is 18.9. The molecule has 9 heteroatoms. The molecule has 1 saturated carbocycles. The van der Waals surface area contributed by atoms with E-state index in [1.165, 1.54) is 18.2 Å². The Morgan fingerprint density at radius 2 is 1.76 bits per heavy atom. The van der Waals surface area contributed by atoms with E-state index in [4.69, 9.17) is 9.47 Å². The Bertz CT molecular complexity index is 1550. The van der Waals surface area contributed by atoms with Crippen LogP contribution in [0.1, 0.15) is 84.0 Å². The Labute approximate surface area is 242 Å². The maximum Gasteiger partial charge on any atom is 0.416 e. The molecule has 0 aliphatic heterocycles. The van der Waals surface area contributed by atoms with Crippen molar-refractivity contribution in [2.45, 2.75) is 69.9 Å². The molecule has 2 aromatic carbocycles. The van der Waals surface area contributed by atoms with Crippen molar-refractivity contribution < 1.29 is 31.8 Å². The van der Waals surface area contributed by atoms with Crippen molar-refractivity contribution in [3.63, 3.8) is 0 Å². The fraction of sp³-hybridized carbons (Fsp3) is 0.455. The molecule has 222 valence electrons. The summed E-state index contributed by atoms with van der Waals surface area (Å²) < 4.78 is 68.6. The summed E-state index contributed by atoms with van der Waals surface area (Å²) in [7, 11) is 3.70. The molecule has 5 nitrogen and oxygen atoms in total. The Balaban J connectivity index is 1.22. The maximum atomic E-state index is 15.4. The van der Waals surface area contributed by atoms with Gasteiger partial charge in [0, 0.05) is 35.7 Å². The molecule has 3 aliphatic carbocycles. The van der Waals surface area contributed by atoms with Crippen LogP contribution in [0.3, 0.4) is 0 Å². The number of halogens is 4. The van der Waals surface area contributed by atoms with Crippen molar-refractivity contribution in [3.05, 3.63) is 93.4 Å². The number of benzene rings is 2. The molecule has 5 atom stereocenters. The fourth-order valence-electron chi connectivity index (χ4n) is 6.86. The predicted molar refractivity (Wildman–Crippen MR) is 149 cm³/mol. The van der Waals surface area contributed by atoms with Crippen molar-refractivity contribution in [3.8, 4) is 5.88 Å². The minimum atomic E-state index is -4.49. The summed E-state index contributed by atoms with van der Waals surface area (Å²) >= 11 is 0. The van der Waals surface area contributed by atoms with Gasteiger partial charge in [-0.05, 0) is 99.6 Å². The van der Waals surface area contributed by atoms with E-state index >= 15 is 4.39 Å². The highest BCUT2D eigenvalue weighted by Gasteiger charge is 2.61. The number of esters is 1. The van der Waals surface area contributed by atoms with E-state index in [2.05, 4.69) is 4.98 Å². The number of carbonyl (C=O) groups excluding carboxylic acids is 1. The third-order valence-electron chi connectivity index (χ3n) is 8.75. The lowest BCUT2D eigenvalue weighted by atomic mass is 9.88. The smallest absolute Gasteiger partial charge is 0.416 e. The van der Waals surface area contributed by atoms with E-state index in [9.17, 15) is 18.0 Å². The van der Waals surface area contributed by atoms with Crippen LogP contribution in [0.2, 0.25) is 0 Å². The SMILES string of the molecule is CN(C)C1CC(c2ccccc2C(F)(F)F)c2cc(COc3cc4c(cn3)[C@H]3[C@@H](C4)[C@@H]3C(=O)OC(C)(C)C)c(F)cc21. The van der Waals surface area contributed by atoms with Gasteiger partial charge in [-0.1, -0.05) is 18.2 Å². The highest BCUT2D eigenvalue weighted by Crippen LogP contribution is 2.62. The van der Waals surface area contributed by atoms with Crippen LogP contribution >= 0.6 is 0 Å². The van der Waals surface area contributed by atoms with Crippen LogP contribution in [0.25, 0.3) is 0 Å². The van der Waals surface area contributed by atoms with Crippen LogP contribution in [0.5, 0.6) is 5.88 Å². The van der Waals surface area contributed by atoms with Gasteiger partial charge in [0.05, 0.1) is 11.5 Å². The number of carbonyl (C=O) groups is 1. The van der Waals surface area contributed by atoms with Gasteiger partial charge >= 0.3 is 12.1 Å². The molecule has 0 amide bonds. The van der Waals surface area contributed by atoms with Crippen molar-refractivity contribution in [2.75, 3.05) is 14.1 Å². The van der Waals surface area contributed by atoms with Gasteiger partial charge < -0.3 is 14.4 Å². The second-order valence-corrected chi connectivity index (χ2v) is 12.9. The van der Waals surface area contributed by atoms with Gasteiger partial charge in [-0.25, -0.2) is 9.37 Å². The summed E-state index contributed by atoms with van der Waals surface area (Å²) in [6.07, 6.45) is -1.63. The summed E-state index contributed by atoms with van der Waals surface area (Å²) in [6.45, 7) is 5.45. The van der Waals surface area contributed by atoms with Crippen molar-refractivity contribution in [2.24, 2.45) is 11.8 Å². The molecule has 1 aromatic heterocycles.